The lowest BCUT2D eigenvalue weighted by molar-refractivity contribution is -0.133. The third-order valence-electron chi connectivity index (χ3n) is 6.40. The molecule has 164 valence electrons. The van der Waals surface area contributed by atoms with Gasteiger partial charge in [-0.15, -0.1) is 0 Å². The molecular weight excluding hydrogens is 395 g/mol. The van der Waals surface area contributed by atoms with Crippen LogP contribution in [0.25, 0.3) is 22.0 Å². The summed E-state index contributed by atoms with van der Waals surface area (Å²) in [5.74, 6) is 0.571. The summed E-state index contributed by atoms with van der Waals surface area (Å²) in [5.41, 5.74) is 0.907. The first-order chi connectivity index (χ1) is 14.9. The molecule has 1 aliphatic heterocycles. The van der Waals surface area contributed by atoms with Gasteiger partial charge in [-0.25, -0.2) is 9.37 Å². The van der Waals surface area contributed by atoms with Crippen LogP contribution >= 0.6 is 0 Å². The molecule has 1 saturated heterocycles. The standard InChI is InChI=1S/C24H29FN4O2/c1-17-26-16-22(28(17)2)18-4-5-19-15-27-21(13-20(19)12-18)14-23(30)24(25)6-8-29(9-7-24)10-11-31-3/h4-5,12-13,15-16H,6-11,14H2,1-3H3. The quantitative estimate of drug-likeness (QED) is 0.581. The van der Waals surface area contributed by atoms with E-state index in [9.17, 15) is 4.79 Å². The topological polar surface area (TPSA) is 60.2 Å². The lowest BCUT2D eigenvalue weighted by Gasteiger charge is -2.35. The number of nitrogens with zero attached hydrogens (tertiary/aromatic N) is 4. The Bertz CT molecular complexity index is 1090. The molecule has 4 rings (SSSR count). The number of carbonyl (C=O) groups excluding carboxylic acids is 1. The molecule has 0 bridgehead atoms. The van der Waals surface area contributed by atoms with Crippen molar-refractivity contribution in [1.29, 1.82) is 0 Å². The second kappa shape index (κ2) is 8.85. The summed E-state index contributed by atoms with van der Waals surface area (Å²) >= 11 is 0. The Morgan fingerprint density at radius 1 is 1.16 bits per heavy atom. The van der Waals surface area contributed by atoms with Crippen molar-refractivity contribution >= 4 is 16.6 Å². The SMILES string of the molecule is COCCN1CCC(F)(C(=O)Cc2cc3cc(-c4cnc(C)n4C)ccc3cn2)CC1. The molecule has 0 saturated carbocycles. The van der Waals surface area contributed by atoms with Gasteiger partial charge in [0.15, 0.2) is 11.5 Å². The van der Waals surface area contributed by atoms with Crippen molar-refractivity contribution in [2.75, 3.05) is 33.4 Å². The summed E-state index contributed by atoms with van der Waals surface area (Å²) in [4.78, 5) is 23.7. The number of ether oxygens (including phenoxy) is 1. The van der Waals surface area contributed by atoms with Crippen molar-refractivity contribution in [2.45, 2.75) is 31.9 Å². The summed E-state index contributed by atoms with van der Waals surface area (Å²) in [7, 11) is 3.64. The summed E-state index contributed by atoms with van der Waals surface area (Å²) in [6, 6.07) is 8.02. The number of imidazole rings is 1. The van der Waals surface area contributed by atoms with Crippen LogP contribution in [0.1, 0.15) is 24.4 Å². The van der Waals surface area contributed by atoms with Crippen molar-refractivity contribution in [2.24, 2.45) is 7.05 Å². The number of pyridine rings is 1. The maximum atomic E-state index is 15.3. The average molecular weight is 425 g/mol. The van der Waals surface area contributed by atoms with E-state index in [4.69, 9.17) is 4.74 Å². The van der Waals surface area contributed by atoms with Gasteiger partial charge >= 0.3 is 0 Å². The Kier molecular flexibility index (Phi) is 6.16. The van der Waals surface area contributed by atoms with Crippen LogP contribution in [-0.2, 0) is 23.0 Å². The molecule has 0 aliphatic carbocycles. The van der Waals surface area contributed by atoms with Gasteiger partial charge in [-0.2, -0.15) is 0 Å². The molecule has 2 aromatic heterocycles. The molecule has 0 unspecified atom stereocenters. The predicted octanol–water partition coefficient (Wildman–Crippen LogP) is 3.51. The van der Waals surface area contributed by atoms with Gasteiger partial charge in [0.25, 0.3) is 0 Å². The van der Waals surface area contributed by atoms with Crippen LogP contribution in [0, 0.1) is 6.92 Å². The number of benzene rings is 1. The predicted molar refractivity (Wildman–Crippen MR) is 119 cm³/mol. The van der Waals surface area contributed by atoms with E-state index >= 15 is 4.39 Å². The Hall–Kier alpha value is -2.64. The number of aryl methyl sites for hydroxylation is 1. The smallest absolute Gasteiger partial charge is 0.175 e. The molecule has 1 aromatic carbocycles. The second-order valence-electron chi connectivity index (χ2n) is 8.39. The van der Waals surface area contributed by atoms with Crippen LogP contribution < -0.4 is 0 Å². The normalized spacial score (nSPS) is 16.6. The zero-order chi connectivity index (χ0) is 22.0. The van der Waals surface area contributed by atoms with E-state index < -0.39 is 5.67 Å². The van der Waals surface area contributed by atoms with E-state index in [-0.39, 0.29) is 25.0 Å². The number of ketones is 1. The molecule has 0 radical (unpaired) electrons. The number of Topliss-reactive ketones (excluding diaryl/α,β-unsaturated/α-hetero) is 1. The first-order valence-electron chi connectivity index (χ1n) is 10.7. The van der Waals surface area contributed by atoms with Crippen molar-refractivity contribution in [3.63, 3.8) is 0 Å². The van der Waals surface area contributed by atoms with Gasteiger partial charge < -0.3 is 14.2 Å². The molecule has 0 spiro atoms. The van der Waals surface area contributed by atoms with Crippen molar-refractivity contribution < 1.29 is 13.9 Å². The molecule has 6 nitrogen and oxygen atoms in total. The number of carbonyl (C=O) groups is 1. The van der Waals surface area contributed by atoms with E-state index in [0.717, 1.165) is 34.4 Å². The monoisotopic (exact) mass is 424 g/mol. The summed E-state index contributed by atoms with van der Waals surface area (Å²) in [5, 5.41) is 1.97. The van der Waals surface area contributed by atoms with Crippen LogP contribution in [0.2, 0.25) is 0 Å². The number of fused-ring (bicyclic) bond motifs is 1. The molecule has 31 heavy (non-hydrogen) atoms. The molecule has 7 heteroatoms. The van der Waals surface area contributed by atoms with E-state index in [0.29, 0.717) is 25.4 Å². The molecule has 1 fully saturated rings. The minimum atomic E-state index is -1.77. The Labute approximate surface area is 182 Å². The minimum Gasteiger partial charge on any atom is -0.383 e. The highest BCUT2D eigenvalue weighted by atomic mass is 19.1. The lowest BCUT2D eigenvalue weighted by Crippen LogP contribution is -2.47. The highest BCUT2D eigenvalue weighted by Crippen LogP contribution is 2.30. The molecular formula is C24H29FN4O2. The minimum absolute atomic E-state index is 0.0134. The summed E-state index contributed by atoms with van der Waals surface area (Å²) in [6.07, 6.45) is 4.09. The fourth-order valence-electron chi connectivity index (χ4n) is 4.17. The van der Waals surface area contributed by atoms with Crippen LogP contribution in [-0.4, -0.2) is 64.2 Å². The van der Waals surface area contributed by atoms with E-state index in [1.807, 2.05) is 42.9 Å². The molecule has 0 amide bonds. The van der Waals surface area contributed by atoms with Gasteiger partial charge in [0.1, 0.15) is 5.82 Å². The number of methoxy groups -OCH3 is 1. The van der Waals surface area contributed by atoms with Crippen LogP contribution in [0.15, 0.2) is 36.7 Å². The second-order valence-corrected chi connectivity index (χ2v) is 8.39. The van der Waals surface area contributed by atoms with Gasteiger partial charge in [-0.1, -0.05) is 12.1 Å². The molecule has 3 heterocycles. The van der Waals surface area contributed by atoms with Crippen LogP contribution in [0.4, 0.5) is 4.39 Å². The third-order valence-corrected chi connectivity index (χ3v) is 6.40. The fourth-order valence-corrected chi connectivity index (χ4v) is 4.17. The maximum absolute atomic E-state index is 15.3. The van der Waals surface area contributed by atoms with Crippen LogP contribution in [0.3, 0.4) is 0 Å². The van der Waals surface area contributed by atoms with Gasteiger partial charge in [0, 0.05) is 69.5 Å². The Morgan fingerprint density at radius 2 is 1.94 bits per heavy atom. The number of piperidine rings is 1. The molecule has 0 atom stereocenters. The first-order valence-corrected chi connectivity index (χ1v) is 10.7. The molecule has 0 N–H and O–H groups in total. The third kappa shape index (κ3) is 4.52. The maximum Gasteiger partial charge on any atom is 0.175 e. The number of likely N-dealkylation sites (tertiary alicyclic amines) is 1. The zero-order valence-electron chi connectivity index (χ0n) is 18.4. The first kappa shape index (κ1) is 21.6. The number of rotatable bonds is 7. The average Bonchev–Trinajstić information content (AvgIpc) is 3.11. The number of hydrogen-bond acceptors (Lipinski definition) is 5. The largest absolute Gasteiger partial charge is 0.383 e. The van der Waals surface area contributed by atoms with Gasteiger partial charge in [0.2, 0.25) is 0 Å². The molecule has 1 aliphatic rings. The van der Waals surface area contributed by atoms with E-state index in [1.165, 1.54) is 0 Å². The highest BCUT2D eigenvalue weighted by Gasteiger charge is 2.41. The van der Waals surface area contributed by atoms with E-state index in [2.05, 4.69) is 20.9 Å². The Morgan fingerprint density at radius 3 is 2.61 bits per heavy atom. The summed E-state index contributed by atoms with van der Waals surface area (Å²) in [6.45, 7) is 4.50. The van der Waals surface area contributed by atoms with Crippen molar-refractivity contribution in [3.05, 3.63) is 48.2 Å². The highest BCUT2D eigenvalue weighted by molar-refractivity contribution is 5.91. The number of halogens is 1. The number of aromatic nitrogens is 3. The van der Waals surface area contributed by atoms with Gasteiger partial charge in [0.05, 0.1) is 24.9 Å². The van der Waals surface area contributed by atoms with E-state index in [1.54, 1.807) is 13.3 Å². The van der Waals surface area contributed by atoms with Gasteiger partial charge in [-0.05, 0) is 24.4 Å². The summed E-state index contributed by atoms with van der Waals surface area (Å²) < 4.78 is 22.5. The molecule has 3 aromatic rings. The zero-order valence-corrected chi connectivity index (χ0v) is 18.4. The van der Waals surface area contributed by atoms with Crippen molar-refractivity contribution in [1.82, 2.24) is 19.4 Å². The van der Waals surface area contributed by atoms with Crippen molar-refractivity contribution in [3.8, 4) is 11.3 Å². The Balaban J connectivity index is 1.49. The van der Waals surface area contributed by atoms with Crippen LogP contribution in [0.5, 0.6) is 0 Å². The number of alkyl halides is 1. The van der Waals surface area contributed by atoms with Gasteiger partial charge in [-0.3, -0.25) is 9.78 Å². The number of hydrogen-bond donors (Lipinski definition) is 0. The fraction of sp³-hybridized carbons (Fsp3) is 0.458. The lowest BCUT2D eigenvalue weighted by atomic mass is 9.87.